The van der Waals surface area contributed by atoms with Crippen molar-refractivity contribution >= 4 is 32.7 Å². The number of halogens is 3. The Kier molecular flexibility index (Phi) is 6.87. The van der Waals surface area contributed by atoms with E-state index >= 15 is 0 Å². The highest BCUT2D eigenvalue weighted by atomic mass is 32.1. The predicted molar refractivity (Wildman–Crippen MR) is 121 cm³/mol. The van der Waals surface area contributed by atoms with Crippen LogP contribution in [0.5, 0.6) is 0 Å². The minimum Gasteiger partial charge on any atom is -0.481 e. The number of hydrogen-bond acceptors (Lipinski definition) is 6. The van der Waals surface area contributed by atoms with E-state index in [4.69, 9.17) is 9.84 Å². The molecule has 0 bridgehead atoms. The Morgan fingerprint density at radius 1 is 1.21 bits per heavy atom. The van der Waals surface area contributed by atoms with Crippen molar-refractivity contribution in [1.29, 1.82) is 0 Å². The molecule has 1 fully saturated rings. The summed E-state index contributed by atoms with van der Waals surface area (Å²) >= 11 is 1.26. The van der Waals surface area contributed by atoms with Gasteiger partial charge in [-0.25, -0.2) is 4.98 Å². The number of thiazole rings is 1. The lowest BCUT2D eigenvalue weighted by Gasteiger charge is -2.41. The van der Waals surface area contributed by atoms with Gasteiger partial charge in [-0.2, -0.15) is 13.2 Å². The second-order valence-corrected chi connectivity index (χ2v) is 9.11. The van der Waals surface area contributed by atoms with Crippen molar-refractivity contribution < 1.29 is 27.8 Å². The third-order valence-electron chi connectivity index (χ3n) is 5.63. The van der Waals surface area contributed by atoms with E-state index in [1.165, 1.54) is 17.4 Å². The maximum absolute atomic E-state index is 13.1. The highest BCUT2D eigenvalue weighted by Gasteiger charge is 2.32. The largest absolute Gasteiger partial charge is 0.481 e. The fraction of sp³-hybridized carbons (Fsp3) is 0.391. The zero-order valence-electron chi connectivity index (χ0n) is 18.0. The third-order valence-corrected chi connectivity index (χ3v) is 6.68. The molecule has 0 spiro atoms. The Morgan fingerprint density at radius 2 is 2.00 bits per heavy atom. The highest BCUT2D eigenvalue weighted by molar-refractivity contribution is 7.22. The fourth-order valence-corrected chi connectivity index (χ4v) is 5.23. The van der Waals surface area contributed by atoms with Crippen molar-refractivity contribution in [2.75, 3.05) is 38.3 Å². The summed E-state index contributed by atoms with van der Waals surface area (Å²) in [6.07, 6.45) is -4.40. The smallest absolute Gasteiger partial charge is 0.416 e. The molecule has 1 saturated heterocycles. The predicted octanol–water partition coefficient (Wildman–Crippen LogP) is 4.28. The summed E-state index contributed by atoms with van der Waals surface area (Å²) in [6, 6.07) is 11.2. The molecule has 33 heavy (non-hydrogen) atoms. The molecule has 1 atom stereocenters. The topological polar surface area (TPSA) is 65.9 Å². The number of anilines is 1. The average molecular weight is 480 g/mol. The lowest BCUT2D eigenvalue weighted by Crippen LogP contribution is -2.54. The lowest BCUT2D eigenvalue weighted by atomic mass is 10.1. The zero-order valence-corrected chi connectivity index (χ0v) is 18.8. The first-order valence-corrected chi connectivity index (χ1v) is 11.3. The van der Waals surface area contributed by atoms with E-state index in [-0.39, 0.29) is 12.5 Å². The second-order valence-electron chi connectivity index (χ2n) is 8.10. The number of carboxylic acids is 1. The Balaban J connectivity index is 1.50. The van der Waals surface area contributed by atoms with Crippen molar-refractivity contribution in [2.24, 2.45) is 0 Å². The van der Waals surface area contributed by atoms with Gasteiger partial charge in [0.05, 0.1) is 34.8 Å². The van der Waals surface area contributed by atoms with Crippen molar-refractivity contribution in [1.82, 2.24) is 9.88 Å². The number of ether oxygens (including phenoxy) is 1. The van der Waals surface area contributed by atoms with E-state index in [1.54, 1.807) is 13.2 Å². The van der Waals surface area contributed by atoms with Crippen LogP contribution < -0.4 is 4.90 Å². The van der Waals surface area contributed by atoms with E-state index < -0.39 is 17.7 Å². The Labute approximate surface area is 193 Å². The van der Waals surface area contributed by atoms with Crippen LogP contribution in [0.4, 0.5) is 18.3 Å². The summed E-state index contributed by atoms with van der Waals surface area (Å²) in [5, 5.41) is 9.72. The van der Waals surface area contributed by atoms with Crippen LogP contribution in [-0.4, -0.2) is 60.4 Å². The zero-order chi connectivity index (χ0) is 23.6. The van der Waals surface area contributed by atoms with Crippen LogP contribution >= 0.6 is 11.3 Å². The maximum Gasteiger partial charge on any atom is 0.416 e. The fourth-order valence-electron chi connectivity index (χ4n) is 4.13. The third kappa shape index (κ3) is 5.63. The van der Waals surface area contributed by atoms with Gasteiger partial charge < -0.3 is 14.7 Å². The Morgan fingerprint density at radius 3 is 2.73 bits per heavy atom. The summed E-state index contributed by atoms with van der Waals surface area (Å²) in [5.74, 6) is -0.862. The summed E-state index contributed by atoms with van der Waals surface area (Å²) in [7, 11) is 1.63. The van der Waals surface area contributed by atoms with Crippen LogP contribution in [0, 0.1) is 0 Å². The Hall–Kier alpha value is -2.69. The molecule has 0 saturated carbocycles. The number of aliphatic carboxylic acids is 1. The second kappa shape index (κ2) is 9.66. The molecule has 2 heterocycles. The summed E-state index contributed by atoms with van der Waals surface area (Å²) in [4.78, 5) is 20.0. The standard InChI is InChI=1S/C23H24F3N3O3S/c1-32-14-18-13-28(12-16-4-2-3-15(9-16)10-21(30)31)7-8-29(18)22-27-19-6-5-17(23(24,25)26)11-20(19)33-22/h2-6,9,11,18H,7-8,10,12-14H2,1H3,(H,30,31)/t18-/m0/s1. The number of carboxylic acid groups (broad SMARTS) is 1. The first-order valence-electron chi connectivity index (χ1n) is 10.5. The van der Waals surface area contributed by atoms with Gasteiger partial charge in [-0.1, -0.05) is 35.6 Å². The molecule has 0 amide bonds. The summed E-state index contributed by atoms with van der Waals surface area (Å²) in [6.45, 7) is 3.23. The average Bonchev–Trinajstić information content (AvgIpc) is 3.16. The molecule has 1 aromatic heterocycles. The molecule has 1 aliphatic heterocycles. The molecule has 0 aliphatic carbocycles. The number of methoxy groups -OCH3 is 1. The molecule has 6 nitrogen and oxygen atoms in total. The van der Waals surface area contributed by atoms with Gasteiger partial charge in [-0.3, -0.25) is 9.69 Å². The van der Waals surface area contributed by atoms with Crippen molar-refractivity contribution in [2.45, 2.75) is 25.2 Å². The van der Waals surface area contributed by atoms with Crippen LogP contribution in [0.3, 0.4) is 0 Å². The van der Waals surface area contributed by atoms with Gasteiger partial charge in [0.15, 0.2) is 5.13 Å². The van der Waals surface area contributed by atoms with Crippen LogP contribution in [0.15, 0.2) is 42.5 Å². The van der Waals surface area contributed by atoms with Gasteiger partial charge in [-0.15, -0.1) is 0 Å². The van der Waals surface area contributed by atoms with Crippen molar-refractivity contribution in [3.8, 4) is 0 Å². The van der Waals surface area contributed by atoms with Crippen molar-refractivity contribution in [3.63, 3.8) is 0 Å². The van der Waals surface area contributed by atoms with E-state index in [0.29, 0.717) is 41.6 Å². The number of piperazine rings is 1. The molecule has 176 valence electrons. The van der Waals surface area contributed by atoms with Gasteiger partial charge >= 0.3 is 12.1 Å². The SMILES string of the molecule is COC[C@@H]1CN(Cc2cccc(CC(=O)O)c2)CCN1c1nc2ccc(C(F)(F)F)cc2s1. The molecule has 0 radical (unpaired) electrons. The number of hydrogen-bond donors (Lipinski definition) is 1. The van der Waals surface area contributed by atoms with Crippen molar-refractivity contribution in [3.05, 3.63) is 59.2 Å². The molecule has 1 N–H and O–H groups in total. The number of alkyl halides is 3. The first kappa shape index (κ1) is 23.5. The minimum absolute atomic E-state index is 0.00592. The quantitative estimate of drug-likeness (QED) is 0.546. The van der Waals surface area contributed by atoms with E-state index in [0.717, 1.165) is 29.8 Å². The molecular weight excluding hydrogens is 455 g/mol. The highest BCUT2D eigenvalue weighted by Crippen LogP contribution is 2.36. The number of rotatable bonds is 7. The molecule has 0 unspecified atom stereocenters. The van der Waals surface area contributed by atoms with Gasteiger partial charge in [0, 0.05) is 33.3 Å². The number of benzene rings is 2. The van der Waals surface area contributed by atoms with E-state index in [1.807, 2.05) is 18.2 Å². The molecule has 2 aromatic carbocycles. The molecule has 1 aliphatic rings. The summed E-state index contributed by atoms with van der Waals surface area (Å²) in [5.41, 5.74) is 1.68. The van der Waals surface area contributed by atoms with Crippen LogP contribution in [0.2, 0.25) is 0 Å². The normalized spacial score (nSPS) is 17.6. The molecule has 4 rings (SSSR count). The van der Waals surface area contributed by atoms with Crippen LogP contribution in [0.25, 0.3) is 10.2 Å². The monoisotopic (exact) mass is 479 g/mol. The van der Waals surface area contributed by atoms with E-state index in [9.17, 15) is 18.0 Å². The number of fused-ring (bicyclic) bond motifs is 1. The number of nitrogens with zero attached hydrogens (tertiary/aromatic N) is 3. The molecular formula is C23H24F3N3O3S. The van der Waals surface area contributed by atoms with Gasteiger partial charge in [-0.05, 0) is 29.3 Å². The summed E-state index contributed by atoms with van der Waals surface area (Å²) < 4.78 is 45.1. The maximum atomic E-state index is 13.1. The van der Waals surface area contributed by atoms with Gasteiger partial charge in [0.1, 0.15) is 0 Å². The van der Waals surface area contributed by atoms with Gasteiger partial charge in [0.25, 0.3) is 0 Å². The van der Waals surface area contributed by atoms with Crippen LogP contribution in [0.1, 0.15) is 16.7 Å². The minimum atomic E-state index is -4.38. The van der Waals surface area contributed by atoms with Crippen LogP contribution in [-0.2, 0) is 28.7 Å². The first-order chi connectivity index (χ1) is 15.7. The number of carbonyl (C=O) groups is 1. The lowest BCUT2D eigenvalue weighted by molar-refractivity contribution is -0.138. The van der Waals surface area contributed by atoms with Gasteiger partial charge in [0.2, 0.25) is 0 Å². The molecule has 3 aromatic rings. The number of aromatic nitrogens is 1. The Bertz CT molecular complexity index is 1130. The van der Waals surface area contributed by atoms with E-state index in [2.05, 4.69) is 14.8 Å². The molecule has 10 heteroatoms.